The van der Waals surface area contributed by atoms with Crippen molar-refractivity contribution in [2.24, 2.45) is 4.99 Å². The number of aryl methyl sites for hydroxylation is 1. The molecule has 1 aliphatic rings. The Balaban J connectivity index is 2.11. The van der Waals surface area contributed by atoms with Crippen LogP contribution in [0.5, 0.6) is 0 Å². The summed E-state index contributed by atoms with van der Waals surface area (Å²) in [6.07, 6.45) is 1.71. The molecule has 3 nitrogen and oxygen atoms in total. The quantitative estimate of drug-likeness (QED) is 0.803. The Bertz CT molecular complexity index is 561. The first-order chi connectivity index (χ1) is 8.34. The predicted octanol–water partition coefficient (Wildman–Crippen LogP) is 3.31. The minimum atomic E-state index is 0.984. The molecule has 0 spiro atoms. The van der Waals surface area contributed by atoms with Gasteiger partial charge in [0.15, 0.2) is 0 Å². The number of benzene rings is 2. The zero-order valence-corrected chi connectivity index (χ0v) is 9.59. The summed E-state index contributed by atoms with van der Waals surface area (Å²) in [6.45, 7) is 2.09. The van der Waals surface area contributed by atoms with Gasteiger partial charge in [0.2, 0.25) is 0 Å². The lowest BCUT2D eigenvalue weighted by molar-refractivity contribution is 0.933. The minimum absolute atomic E-state index is 0.984. The van der Waals surface area contributed by atoms with E-state index in [1.807, 2.05) is 29.3 Å². The SMILES string of the molecule is Cc1ccc2c(c1)N(c1ccccc1)NC=N2. The van der Waals surface area contributed by atoms with Gasteiger partial charge in [-0.2, -0.15) is 0 Å². The van der Waals surface area contributed by atoms with Gasteiger partial charge >= 0.3 is 0 Å². The van der Waals surface area contributed by atoms with Gasteiger partial charge in [-0.3, -0.25) is 10.4 Å². The number of aliphatic imine (C=N–C) groups is 1. The van der Waals surface area contributed by atoms with E-state index >= 15 is 0 Å². The van der Waals surface area contributed by atoms with Crippen molar-refractivity contribution in [2.75, 3.05) is 5.01 Å². The van der Waals surface area contributed by atoms with E-state index in [2.05, 4.69) is 41.6 Å². The van der Waals surface area contributed by atoms with E-state index in [1.54, 1.807) is 6.34 Å². The van der Waals surface area contributed by atoms with Crippen molar-refractivity contribution >= 4 is 23.4 Å². The highest BCUT2D eigenvalue weighted by molar-refractivity contribution is 5.83. The summed E-state index contributed by atoms with van der Waals surface area (Å²) in [4.78, 5) is 4.33. The fraction of sp³-hybridized carbons (Fsp3) is 0.0714. The van der Waals surface area contributed by atoms with Crippen molar-refractivity contribution in [2.45, 2.75) is 6.92 Å². The van der Waals surface area contributed by atoms with Crippen molar-refractivity contribution in [3.8, 4) is 0 Å². The third-order valence-corrected chi connectivity index (χ3v) is 2.78. The second-order valence-electron chi connectivity index (χ2n) is 4.05. The Labute approximate surface area is 100 Å². The average Bonchev–Trinajstić information content (AvgIpc) is 2.39. The fourth-order valence-electron chi connectivity index (χ4n) is 1.94. The molecule has 0 saturated heterocycles. The zero-order valence-electron chi connectivity index (χ0n) is 9.59. The Morgan fingerprint density at radius 3 is 2.71 bits per heavy atom. The number of nitrogens with zero attached hydrogens (tertiary/aromatic N) is 2. The lowest BCUT2D eigenvalue weighted by Gasteiger charge is -2.28. The van der Waals surface area contributed by atoms with Crippen LogP contribution in [0.4, 0.5) is 17.1 Å². The van der Waals surface area contributed by atoms with Crippen molar-refractivity contribution < 1.29 is 0 Å². The predicted molar refractivity (Wildman–Crippen MR) is 71.0 cm³/mol. The summed E-state index contributed by atoms with van der Waals surface area (Å²) < 4.78 is 0. The molecule has 0 aromatic heterocycles. The molecule has 2 aromatic carbocycles. The third kappa shape index (κ3) is 1.76. The zero-order chi connectivity index (χ0) is 11.7. The maximum absolute atomic E-state index is 4.33. The highest BCUT2D eigenvalue weighted by Gasteiger charge is 2.15. The molecule has 0 atom stereocenters. The number of nitrogens with one attached hydrogen (secondary N) is 1. The summed E-state index contributed by atoms with van der Waals surface area (Å²) >= 11 is 0. The number of anilines is 2. The van der Waals surface area contributed by atoms with Crippen LogP contribution in [-0.2, 0) is 0 Å². The Morgan fingerprint density at radius 2 is 1.88 bits per heavy atom. The van der Waals surface area contributed by atoms with E-state index < -0.39 is 0 Å². The summed E-state index contributed by atoms with van der Waals surface area (Å²) in [5, 5.41) is 2.04. The Hall–Kier alpha value is -2.29. The second-order valence-corrected chi connectivity index (χ2v) is 4.05. The number of para-hydroxylation sites is 1. The molecule has 0 amide bonds. The van der Waals surface area contributed by atoms with Crippen LogP contribution in [-0.4, -0.2) is 6.34 Å². The van der Waals surface area contributed by atoms with Gasteiger partial charge < -0.3 is 0 Å². The first-order valence-electron chi connectivity index (χ1n) is 5.59. The highest BCUT2D eigenvalue weighted by atomic mass is 15.5. The average molecular weight is 223 g/mol. The maximum atomic E-state index is 4.33. The molecule has 0 radical (unpaired) electrons. The van der Waals surface area contributed by atoms with Gasteiger partial charge in [0.05, 0.1) is 17.1 Å². The van der Waals surface area contributed by atoms with Crippen molar-refractivity contribution in [3.05, 3.63) is 54.1 Å². The van der Waals surface area contributed by atoms with E-state index in [-0.39, 0.29) is 0 Å². The summed E-state index contributed by atoms with van der Waals surface area (Å²) in [7, 11) is 0. The van der Waals surface area contributed by atoms with Crippen LogP contribution in [0.25, 0.3) is 0 Å². The molecule has 1 heterocycles. The molecule has 0 saturated carbocycles. The van der Waals surface area contributed by atoms with Crippen LogP contribution < -0.4 is 10.4 Å². The van der Waals surface area contributed by atoms with E-state index in [4.69, 9.17) is 0 Å². The van der Waals surface area contributed by atoms with E-state index in [0.717, 1.165) is 17.1 Å². The standard InChI is InChI=1S/C14H13N3/c1-11-7-8-13-14(9-11)17(16-10-15-13)12-5-3-2-4-6-12/h2-10H,1H3,(H,15,16). The Morgan fingerprint density at radius 1 is 1.06 bits per heavy atom. The van der Waals surface area contributed by atoms with Gasteiger partial charge in [-0.05, 0) is 36.8 Å². The number of hydrogen-bond acceptors (Lipinski definition) is 3. The van der Waals surface area contributed by atoms with Gasteiger partial charge in [-0.1, -0.05) is 24.3 Å². The van der Waals surface area contributed by atoms with Gasteiger partial charge in [-0.15, -0.1) is 0 Å². The van der Waals surface area contributed by atoms with Crippen LogP contribution in [0.3, 0.4) is 0 Å². The lowest BCUT2D eigenvalue weighted by Crippen LogP contribution is -2.34. The van der Waals surface area contributed by atoms with Crippen LogP contribution >= 0.6 is 0 Å². The first-order valence-corrected chi connectivity index (χ1v) is 5.59. The molecule has 3 heteroatoms. The summed E-state index contributed by atoms with van der Waals surface area (Å²) in [5.41, 5.74) is 7.55. The molecular formula is C14H13N3. The molecule has 1 aliphatic heterocycles. The minimum Gasteiger partial charge on any atom is -0.283 e. The molecule has 3 rings (SSSR count). The molecule has 2 aromatic rings. The van der Waals surface area contributed by atoms with Crippen LogP contribution in [0.2, 0.25) is 0 Å². The second kappa shape index (κ2) is 3.94. The van der Waals surface area contributed by atoms with Crippen molar-refractivity contribution in [3.63, 3.8) is 0 Å². The molecule has 0 unspecified atom stereocenters. The van der Waals surface area contributed by atoms with E-state index in [1.165, 1.54) is 5.56 Å². The van der Waals surface area contributed by atoms with Gasteiger partial charge in [-0.25, -0.2) is 4.99 Å². The van der Waals surface area contributed by atoms with Crippen molar-refractivity contribution in [1.29, 1.82) is 0 Å². The summed E-state index contributed by atoms with van der Waals surface area (Å²) in [5.74, 6) is 0. The highest BCUT2D eigenvalue weighted by Crippen LogP contribution is 2.34. The van der Waals surface area contributed by atoms with Gasteiger partial charge in [0.1, 0.15) is 6.34 Å². The molecule has 17 heavy (non-hydrogen) atoms. The van der Waals surface area contributed by atoms with Crippen molar-refractivity contribution in [1.82, 2.24) is 5.43 Å². The van der Waals surface area contributed by atoms with Gasteiger partial charge in [0.25, 0.3) is 0 Å². The molecule has 0 aliphatic carbocycles. The van der Waals surface area contributed by atoms with Crippen LogP contribution in [0.15, 0.2) is 53.5 Å². The van der Waals surface area contributed by atoms with Crippen LogP contribution in [0.1, 0.15) is 5.56 Å². The number of hydrogen-bond donors (Lipinski definition) is 1. The number of hydrazine groups is 1. The fourth-order valence-corrected chi connectivity index (χ4v) is 1.94. The summed E-state index contributed by atoms with van der Waals surface area (Å²) in [6, 6.07) is 16.4. The largest absolute Gasteiger partial charge is 0.283 e. The topological polar surface area (TPSA) is 27.6 Å². The normalized spacial score (nSPS) is 13.1. The smallest absolute Gasteiger partial charge is 0.108 e. The molecule has 0 bridgehead atoms. The Kier molecular flexibility index (Phi) is 2.29. The maximum Gasteiger partial charge on any atom is 0.108 e. The van der Waals surface area contributed by atoms with E-state index in [9.17, 15) is 0 Å². The lowest BCUT2D eigenvalue weighted by atomic mass is 10.1. The number of fused-ring (bicyclic) bond motifs is 1. The molecule has 84 valence electrons. The molecular weight excluding hydrogens is 210 g/mol. The third-order valence-electron chi connectivity index (χ3n) is 2.78. The first kappa shape index (κ1) is 9.90. The monoisotopic (exact) mass is 223 g/mol. The molecule has 1 N–H and O–H groups in total. The van der Waals surface area contributed by atoms with E-state index in [0.29, 0.717) is 0 Å². The van der Waals surface area contributed by atoms with Gasteiger partial charge in [0, 0.05) is 0 Å². The molecule has 0 fully saturated rings. The number of rotatable bonds is 1. The van der Waals surface area contributed by atoms with Crippen LogP contribution in [0, 0.1) is 6.92 Å².